The highest BCUT2D eigenvalue weighted by Crippen LogP contribution is 2.41. The van der Waals surface area contributed by atoms with Gasteiger partial charge < -0.3 is 9.84 Å². The number of amides is 1. The van der Waals surface area contributed by atoms with Gasteiger partial charge >= 0.3 is 0 Å². The van der Waals surface area contributed by atoms with Crippen LogP contribution in [0.1, 0.15) is 67.0 Å². The third-order valence-electron chi connectivity index (χ3n) is 5.41. The van der Waals surface area contributed by atoms with Crippen molar-refractivity contribution >= 4 is 22.8 Å². The standard InChI is InChI=1S/C24H26N6O2/c1-24(2,3)13-19-21-17(12-18(15-7-8-15)26-23(21)32-29-19)22(31)27-20-9-11-30(28-20)14-16-6-4-5-10-25-16/h4-6,9-12,15H,7-8,13-14H2,1-3H3,(H,27,28,31). The second kappa shape index (κ2) is 7.85. The van der Waals surface area contributed by atoms with Crippen LogP contribution < -0.4 is 5.32 Å². The summed E-state index contributed by atoms with van der Waals surface area (Å²) in [4.78, 5) is 22.3. The summed E-state index contributed by atoms with van der Waals surface area (Å²) in [6.07, 6.45) is 6.43. The maximum atomic E-state index is 13.3. The Balaban J connectivity index is 1.44. The van der Waals surface area contributed by atoms with Crippen LogP contribution in [0.4, 0.5) is 5.82 Å². The molecule has 1 N–H and O–H groups in total. The molecule has 4 heterocycles. The van der Waals surface area contributed by atoms with E-state index in [4.69, 9.17) is 4.52 Å². The molecule has 5 rings (SSSR count). The van der Waals surface area contributed by atoms with Crippen molar-refractivity contribution in [1.82, 2.24) is 24.9 Å². The van der Waals surface area contributed by atoms with E-state index in [2.05, 4.69) is 46.3 Å². The van der Waals surface area contributed by atoms with Crippen molar-refractivity contribution < 1.29 is 9.32 Å². The summed E-state index contributed by atoms with van der Waals surface area (Å²) < 4.78 is 7.31. The van der Waals surface area contributed by atoms with Gasteiger partial charge in [0, 0.05) is 30.1 Å². The number of anilines is 1. The second-order valence-corrected chi connectivity index (χ2v) is 9.59. The maximum Gasteiger partial charge on any atom is 0.259 e. The third kappa shape index (κ3) is 4.39. The molecule has 0 aliphatic heterocycles. The molecule has 0 atom stereocenters. The van der Waals surface area contributed by atoms with Gasteiger partial charge in [-0.05, 0) is 42.9 Å². The number of nitrogens with one attached hydrogen (secondary N) is 1. The smallest absolute Gasteiger partial charge is 0.259 e. The van der Waals surface area contributed by atoms with E-state index in [0.717, 1.165) is 29.9 Å². The molecule has 8 heteroatoms. The van der Waals surface area contributed by atoms with Gasteiger partial charge in [-0.2, -0.15) is 5.10 Å². The molecule has 1 saturated carbocycles. The van der Waals surface area contributed by atoms with Crippen molar-refractivity contribution in [2.45, 2.75) is 52.5 Å². The molecule has 1 aliphatic carbocycles. The summed E-state index contributed by atoms with van der Waals surface area (Å²) in [6.45, 7) is 6.93. The fraction of sp³-hybridized carbons (Fsp3) is 0.375. The van der Waals surface area contributed by atoms with Gasteiger partial charge in [-0.3, -0.25) is 14.5 Å². The molecular formula is C24H26N6O2. The number of pyridine rings is 2. The zero-order valence-corrected chi connectivity index (χ0v) is 18.5. The van der Waals surface area contributed by atoms with Gasteiger partial charge in [-0.15, -0.1) is 0 Å². The van der Waals surface area contributed by atoms with Gasteiger partial charge in [-0.1, -0.05) is 32.0 Å². The van der Waals surface area contributed by atoms with Crippen LogP contribution >= 0.6 is 0 Å². The number of fused-ring (bicyclic) bond motifs is 1. The Morgan fingerprint density at radius 2 is 2.09 bits per heavy atom. The molecule has 1 aliphatic rings. The molecular weight excluding hydrogens is 404 g/mol. The lowest BCUT2D eigenvalue weighted by Gasteiger charge is -2.16. The van der Waals surface area contributed by atoms with E-state index in [9.17, 15) is 4.79 Å². The molecule has 0 bridgehead atoms. The van der Waals surface area contributed by atoms with Crippen molar-refractivity contribution in [1.29, 1.82) is 0 Å². The van der Waals surface area contributed by atoms with Crippen LogP contribution in [0.25, 0.3) is 11.1 Å². The summed E-state index contributed by atoms with van der Waals surface area (Å²) in [7, 11) is 0. The average Bonchev–Trinajstić information content (AvgIpc) is 3.40. The van der Waals surface area contributed by atoms with Crippen molar-refractivity contribution in [2.75, 3.05) is 5.32 Å². The van der Waals surface area contributed by atoms with Crippen LogP contribution in [0.3, 0.4) is 0 Å². The lowest BCUT2D eigenvalue weighted by molar-refractivity contribution is 0.102. The van der Waals surface area contributed by atoms with E-state index in [1.165, 1.54) is 0 Å². The molecule has 0 radical (unpaired) electrons. The Kier molecular flexibility index (Phi) is 5.00. The van der Waals surface area contributed by atoms with Gasteiger partial charge in [0.15, 0.2) is 5.82 Å². The lowest BCUT2D eigenvalue weighted by Crippen LogP contribution is -2.16. The quantitative estimate of drug-likeness (QED) is 0.481. The zero-order chi connectivity index (χ0) is 22.3. The summed E-state index contributed by atoms with van der Waals surface area (Å²) >= 11 is 0. The molecule has 0 saturated heterocycles. The van der Waals surface area contributed by atoms with Crippen LogP contribution in [0.2, 0.25) is 0 Å². The predicted octanol–water partition coefficient (Wildman–Crippen LogP) is 4.58. The molecule has 1 fully saturated rings. The fourth-order valence-electron chi connectivity index (χ4n) is 3.78. The molecule has 0 aromatic carbocycles. The number of carbonyl (C=O) groups is 1. The maximum absolute atomic E-state index is 13.3. The Morgan fingerprint density at radius 1 is 1.25 bits per heavy atom. The number of nitrogens with zero attached hydrogens (tertiary/aromatic N) is 5. The normalized spacial score (nSPS) is 14.1. The van der Waals surface area contributed by atoms with Crippen LogP contribution in [-0.4, -0.2) is 30.8 Å². The van der Waals surface area contributed by atoms with E-state index >= 15 is 0 Å². The van der Waals surface area contributed by atoms with Crippen molar-refractivity contribution in [2.24, 2.45) is 5.41 Å². The zero-order valence-electron chi connectivity index (χ0n) is 18.5. The van der Waals surface area contributed by atoms with E-state index < -0.39 is 0 Å². The van der Waals surface area contributed by atoms with Crippen molar-refractivity contribution in [3.63, 3.8) is 0 Å². The fourth-order valence-corrected chi connectivity index (χ4v) is 3.78. The van der Waals surface area contributed by atoms with Crippen molar-refractivity contribution in [3.8, 4) is 0 Å². The number of aromatic nitrogens is 5. The van der Waals surface area contributed by atoms with E-state index in [1.807, 2.05) is 30.5 Å². The summed E-state index contributed by atoms with van der Waals surface area (Å²) in [5, 5.41) is 12.4. The number of rotatable bonds is 6. The van der Waals surface area contributed by atoms with E-state index in [1.54, 1.807) is 16.9 Å². The van der Waals surface area contributed by atoms with Gasteiger partial charge in [0.1, 0.15) is 0 Å². The Bertz CT molecular complexity index is 1260. The minimum absolute atomic E-state index is 0.00301. The minimum atomic E-state index is -0.235. The molecule has 164 valence electrons. The average molecular weight is 431 g/mol. The number of hydrogen-bond acceptors (Lipinski definition) is 6. The van der Waals surface area contributed by atoms with Gasteiger partial charge in [0.25, 0.3) is 11.6 Å². The summed E-state index contributed by atoms with van der Waals surface area (Å²) in [6, 6.07) is 9.43. The van der Waals surface area contributed by atoms with Crippen LogP contribution in [0, 0.1) is 5.41 Å². The summed E-state index contributed by atoms with van der Waals surface area (Å²) in [5.41, 5.74) is 3.51. The van der Waals surface area contributed by atoms with Crippen LogP contribution in [-0.2, 0) is 13.0 Å². The molecule has 32 heavy (non-hydrogen) atoms. The minimum Gasteiger partial charge on any atom is -0.336 e. The first kappa shape index (κ1) is 20.4. The molecule has 0 spiro atoms. The molecule has 4 aromatic rings. The molecule has 4 aromatic heterocycles. The Hall–Kier alpha value is -3.55. The topological polar surface area (TPSA) is 98.7 Å². The van der Waals surface area contributed by atoms with E-state index in [0.29, 0.717) is 41.4 Å². The predicted molar refractivity (Wildman–Crippen MR) is 120 cm³/mol. The monoisotopic (exact) mass is 430 g/mol. The highest BCUT2D eigenvalue weighted by atomic mass is 16.5. The first-order valence-corrected chi connectivity index (χ1v) is 10.9. The lowest BCUT2D eigenvalue weighted by atomic mass is 9.89. The second-order valence-electron chi connectivity index (χ2n) is 9.59. The largest absolute Gasteiger partial charge is 0.336 e. The first-order valence-electron chi connectivity index (χ1n) is 10.9. The first-order chi connectivity index (χ1) is 15.4. The van der Waals surface area contributed by atoms with E-state index in [-0.39, 0.29) is 11.3 Å². The van der Waals surface area contributed by atoms with Gasteiger partial charge in [0.2, 0.25) is 0 Å². The third-order valence-corrected chi connectivity index (χ3v) is 5.41. The molecule has 0 unspecified atom stereocenters. The van der Waals surface area contributed by atoms with Gasteiger partial charge in [-0.25, -0.2) is 4.98 Å². The Labute approximate surface area is 186 Å². The Morgan fingerprint density at radius 3 is 2.81 bits per heavy atom. The van der Waals surface area contributed by atoms with Crippen molar-refractivity contribution in [3.05, 3.63) is 65.4 Å². The van der Waals surface area contributed by atoms with Gasteiger partial charge in [0.05, 0.1) is 28.9 Å². The summed E-state index contributed by atoms with van der Waals surface area (Å²) in [5.74, 6) is 0.637. The molecule has 1 amide bonds. The highest BCUT2D eigenvalue weighted by Gasteiger charge is 2.30. The number of carbonyl (C=O) groups excluding carboxylic acids is 1. The van der Waals surface area contributed by atoms with Crippen LogP contribution in [0.5, 0.6) is 0 Å². The highest BCUT2D eigenvalue weighted by molar-refractivity contribution is 6.12. The SMILES string of the molecule is CC(C)(C)Cc1noc2nc(C3CC3)cc(C(=O)Nc3ccn(Cc4ccccn4)n3)c12. The molecule has 8 nitrogen and oxygen atoms in total. The number of hydrogen-bond donors (Lipinski definition) is 1. The van der Waals surface area contributed by atoms with Crippen LogP contribution in [0.15, 0.2) is 47.2 Å².